The first kappa shape index (κ1) is 24.4. The molecule has 7 heteroatoms. The molecule has 5 nitrogen and oxygen atoms in total. The second kappa shape index (κ2) is 10.8. The Hall–Kier alpha value is -3.29. The molecule has 0 saturated carbocycles. The summed E-state index contributed by atoms with van der Waals surface area (Å²) in [5, 5.41) is 11.1. The van der Waals surface area contributed by atoms with Gasteiger partial charge in [-0.2, -0.15) is 0 Å². The topological polar surface area (TPSA) is 59.0 Å². The zero-order valence-corrected chi connectivity index (χ0v) is 19.9. The summed E-state index contributed by atoms with van der Waals surface area (Å²) in [5.74, 6) is 0.423. The fraction of sp³-hybridized carbons (Fsp3) is 0.345. The highest BCUT2D eigenvalue weighted by atomic mass is 19.1. The first-order valence-corrected chi connectivity index (χ1v) is 12.3. The monoisotopic (exact) mass is 493 g/mol. The van der Waals surface area contributed by atoms with Crippen LogP contribution in [0.4, 0.5) is 8.78 Å². The van der Waals surface area contributed by atoms with Gasteiger partial charge in [0.25, 0.3) is 0 Å². The number of nitrogens with zero attached hydrogens (tertiary/aromatic N) is 1. The number of ether oxygens (including phenoxy) is 2. The molecule has 2 aliphatic rings. The van der Waals surface area contributed by atoms with E-state index < -0.39 is 18.3 Å². The van der Waals surface area contributed by atoms with Crippen LogP contribution in [0.15, 0.2) is 66.7 Å². The standard InChI is InChI=1S/C29H29F2NO4/c30-22-8-12-26-20(14-22)6-10-28(35-26)24(33)17-32(16-19-4-2-1-3-5-19)18-25(34)29-11-7-21-15-23(31)9-13-27(21)36-29/h1-5,8-9,12-15,24,28-29,33H,6-7,10-11,16-18H2/t24?,28-,29-/m1/s1. The summed E-state index contributed by atoms with van der Waals surface area (Å²) >= 11 is 0. The average molecular weight is 494 g/mol. The maximum absolute atomic E-state index is 13.5. The molecule has 3 aromatic carbocycles. The number of carbonyl (C=O) groups excluding carboxylic acids is 1. The van der Waals surface area contributed by atoms with E-state index in [1.807, 2.05) is 35.2 Å². The van der Waals surface area contributed by atoms with Crippen molar-refractivity contribution >= 4 is 5.78 Å². The van der Waals surface area contributed by atoms with Gasteiger partial charge in [0.1, 0.15) is 35.3 Å². The maximum atomic E-state index is 13.5. The van der Waals surface area contributed by atoms with Gasteiger partial charge in [-0.05, 0) is 78.8 Å². The first-order chi connectivity index (χ1) is 17.4. The van der Waals surface area contributed by atoms with Crippen molar-refractivity contribution in [2.75, 3.05) is 13.1 Å². The molecular formula is C29H29F2NO4. The molecule has 0 aromatic heterocycles. The van der Waals surface area contributed by atoms with E-state index in [0.717, 1.165) is 16.7 Å². The zero-order chi connectivity index (χ0) is 25.1. The molecule has 188 valence electrons. The van der Waals surface area contributed by atoms with Crippen molar-refractivity contribution in [3.63, 3.8) is 0 Å². The lowest BCUT2D eigenvalue weighted by atomic mass is 9.98. The second-order valence-corrected chi connectivity index (χ2v) is 9.53. The van der Waals surface area contributed by atoms with Crippen LogP contribution in [0.2, 0.25) is 0 Å². The highest BCUT2D eigenvalue weighted by Gasteiger charge is 2.31. The van der Waals surface area contributed by atoms with Crippen LogP contribution in [-0.4, -0.2) is 47.2 Å². The molecule has 1 N–H and O–H groups in total. The quantitative estimate of drug-likeness (QED) is 0.501. The van der Waals surface area contributed by atoms with E-state index in [2.05, 4.69) is 0 Å². The predicted octanol–water partition coefficient (Wildman–Crippen LogP) is 4.48. The molecule has 0 saturated heterocycles. The molecule has 0 bridgehead atoms. The number of aliphatic hydroxyl groups is 1. The van der Waals surface area contributed by atoms with Crippen molar-refractivity contribution in [2.45, 2.75) is 50.5 Å². The molecule has 3 aromatic rings. The molecule has 3 atom stereocenters. The van der Waals surface area contributed by atoms with Crippen LogP contribution in [0.25, 0.3) is 0 Å². The summed E-state index contributed by atoms with van der Waals surface area (Å²) in [6, 6.07) is 18.5. The molecule has 2 heterocycles. The van der Waals surface area contributed by atoms with Crippen molar-refractivity contribution in [2.24, 2.45) is 0 Å². The Labute approximate surface area is 209 Å². The van der Waals surface area contributed by atoms with Crippen LogP contribution in [0.1, 0.15) is 29.5 Å². The number of ketones is 1. The van der Waals surface area contributed by atoms with Crippen LogP contribution in [0.5, 0.6) is 11.5 Å². The summed E-state index contributed by atoms with van der Waals surface area (Å²) in [6.45, 7) is 0.810. The zero-order valence-electron chi connectivity index (χ0n) is 19.9. The van der Waals surface area contributed by atoms with Gasteiger partial charge in [-0.1, -0.05) is 30.3 Å². The lowest BCUT2D eigenvalue weighted by molar-refractivity contribution is -0.128. The Balaban J connectivity index is 1.26. The van der Waals surface area contributed by atoms with Crippen LogP contribution < -0.4 is 9.47 Å². The minimum Gasteiger partial charge on any atom is -0.487 e. The third kappa shape index (κ3) is 5.74. The third-order valence-corrected chi connectivity index (χ3v) is 6.83. The van der Waals surface area contributed by atoms with E-state index in [1.54, 1.807) is 12.1 Å². The Kier molecular flexibility index (Phi) is 7.30. The normalized spacial score (nSPS) is 19.6. The fourth-order valence-electron chi connectivity index (χ4n) is 4.96. The lowest BCUT2D eigenvalue weighted by Crippen LogP contribution is -2.46. The largest absolute Gasteiger partial charge is 0.487 e. The van der Waals surface area contributed by atoms with Gasteiger partial charge in [0.05, 0.1) is 6.54 Å². The Morgan fingerprint density at radius 2 is 1.56 bits per heavy atom. The number of hydrogen-bond acceptors (Lipinski definition) is 5. The van der Waals surface area contributed by atoms with Gasteiger partial charge in [-0.25, -0.2) is 8.78 Å². The molecule has 5 rings (SSSR count). The van der Waals surface area contributed by atoms with E-state index >= 15 is 0 Å². The van der Waals surface area contributed by atoms with Crippen molar-refractivity contribution in [1.82, 2.24) is 4.90 Å². The molecule has 0 amide bonds. The molecule has 1 unspecified atom stereocenters. The van der Waals surface area contributed by atoms with Gasteiger partial charge in [0, 0.05) is 13.1 Å². The number of rotatable bonds is 8. The van der Waals surface area contributed by atoms with Crippen molar-refractivity contribution in [1.29, 1.82) is 0 Å². The summed E-state index contributed by atoms with van der Waals surface area (Å²) in [4.78, 5) is 15.2. The van der Waals surface area contributed by atoms with Gasteiger partial charge < -0.3 is 14.6 Å². The molecule has 36 heavy (non-hydrogen) atoms. The average Bonchev–Trinajstić information content (AvgIpc) is 2.88. The summed E-state index contributed by atoms with van der Waals surface area (Å²) in [7, 11) is 0. The van der Waals surface area contributed by atoms with Crippen LogP contribution >= 0.6 is 0 Å². The summed E-state index contributed by atoms with van der Waals surface area (Å²) in [5.41, 5.74) is 2.59. The van der Waals surface area contributed by atoms with Gasteiger partial charge >= 0.3 is 0 Å². The molecule has 0 fully saturated rings. The molecule has 0 spiro atoms. The number of fused-ring (bicyclic) bond motifs is 2. The maximum Gasteiger partial charge on any atom is 0.187 e. The second-order valence-electron chi connectivity index (χ2n) is 9.53. The van der Waals surface area contributed by atoms with Gasteiger partial charge in [-0.15, -0.1) is 0 Å². The first-order valence-electron chi connectivity index (χ1n) is 12.3. The highest BCUT2D eigenvalue weighted by Crippen LogP contribution is 2.30. The fourth-order valence-corrected chi connectivity index (χ4v) is 4.96. The van der Waals surface area contributed by atoms with E-state index in [0.29, 0.717) is 43.7 Å². The van der Waals surface area contributed by atoms with Crippen LogP contribution in [0.3, 0.4) is 0 Å². The van der Waals surface area contributed by atoms with E-state index in [9.17, 15) is 18.7 Å². The molecular weight excluding hydrogens is 464 g/mol. The number of halogens is 2. The highest BCUT2D eigenvalue weighted by molar-refractivity contribution is 5.85. The number of Topliss-reactive ketones (excluding diaryl/α,β-unsaturated/α-hetero) is 1. The number of aliphatic hydroxyl groups excluding tert-OH is 1. The molecule has 0 aliphatic carbocycles. The van der Waals surface area contributed by atoms with Crippen LogP contribution in [-0.2, 0) is 24.2 Å². The Bertz CT molecular complexity index is 1220. The van der Waals surface area contributed by atoms with E-state index in [4.69, 9.17) is 9.47 Å². The van der Waals surface area contributed by atoms with Gasteiger partial charge in [-0.3, -0.25) is 9.69 Å². The van der Waals surface area contributed by atoms with E-state index in [1.165, 1.54) is 24.3 Å². The number of benzene rings is 3. The van der Waals surface area contributed by atoms with Crippen molar-refractivity contribution in [3.8, 4) is 11.5 Å². The smallest absolute Gasteiger partial charge is 0.187 e. The summed E-state index contributed by atoms with van der Waals surface area (Å²) < 4.78 is 39.0. The number of hydrogen-bond donors (Lipinski definition) is 1. The number of carbonyl (C=O) groups is 1. The number of aryl methyl sites for hydroxylation is 2. The molecule has 0 radical (unpaired) electrons. The summed E-state index contributed by atoms with van der Waals surface area (Å²) in [6.07, 6.45) is 0.314. The van der Waals surface area contributed by atoms with Crippen molar-refractivity contribution < 1.29 is 28.2 Å². The van der Waals surface area contributed by atoms with Gasteiger partial charge in [0.15, 0.2) is 11.9 Å². The van der Waals surface area contributed by atoms with E-state index in [-0.39, 0.29) is 30.5 Å². The van der Waals surface area contributed by atoms with Gasteiger partial charge in [0.2, 0.25) is 0 Å². The lowest BCUT2D eigenvalue weighted by Gasteiger charge is -2.33. The Morgan fingerprint density at radius 1 is 0.917 bits per heavy atom. The minimum absolute atomic E-state index is 0.0847. The van der Waals surface area contributed by atoms with Crippen molar-refractivity contribution in [3.05, 3.63) is 95.1 Å². The third-order valence-electron chi connectivity index (χ3n) is 6.83. The Morgan fingerprint density at radius 3 is 2.25 bits per heavy atom. The van der Waals surface area contributed by atoms with Crippen LogP contribution in [0, 0.1) is 11.6 Å². The molecule has 2 aliphatic heterocycles. The SMILES string of the molecule is O=C(CN(Cc1ccccc1)CC(O)[C@H]1CCc2cc(F)ccc2O1)[C@H]1CCc2cc(F)ccc2O1. The minimum atomic E-state index is -0.837. The predicted molar refractivity (Wildman–Crippen MR) is 131 cm³/mol.